The molecule has 0 bridgehead atoms. The van der Waals surface area contributed by atoms with E-state index in [1.807, 2.05) is 0 Å². The first kappa shape index (κ1) is 10.3. The Bertz CT molecular complexity index is 452. The fourth-order valence-electron chi connectivity index (χ4n) is 1.16. The molecule has 2 N–H and O–H groups in total. The van der Waals surface area contributed by atoms with Crippen molar-refractivity contribution in [2.24, 2.45) is 0 Å². The number of rotatable bonds is 2. The predicted octanol–water partition coefficient (Wildman–Crippen LogP) is 1.85. The van der Waals surface area contributed by atoms with Gasteiger partial charge in [0.1, 0.15) is 0 Å². The number of fused-ring (bicyclic) bond motifs is 1. The van der Waals surface area contributed by atoms with Gasteiger partial charge < -0.3 is 0 Å². The Morgan fingerprint density at radius 1 is 1.50 bits per heavy atom. The van der Waals surface area contributed by atoms with E-state index < -0.39 is 15.8 Å². The van der Waals surface area contributed by atoms with E-state index in [1.165, 1.54) is 6.33 Å². The average Bonchev–Trinajstić information content (AvgIpc) is 2.49. The zero-order valence-corrected chi connectivity index (χ0v) is 11.8. The van der Waals surface area contributed by atoms with Gasteiger partial charge in [0.05, 0.1) is 0 Å². The van der Waals surface area contributed by atoms with Crippen molar-refractivity contribution >= 4 is 51.4 Å². The zero-order valence-electron chi connectivity index (χ0n) is 7.48. The fourth-order valence-corrected chi connectivity index (χ4v) is 4.54. The molecular weight excluding hydrogens is 408 g/mol. The summed E-state index contributed by atoms with van der Waals surface area (Å²) >= 11 is 1.67. The molecule has 0 spiro atoms. The summed E-state index contributed by atoms with van der Waals surface area (Å²) in [6, 6.07) is 0. The van der Waals surface area contributed by atoms with E-state index in [0.29, 0.717) is 11.3 Å². The van der Waals surface area contributed by atoms with Crippen LogP contribution in [0.15, 0.2) is 12.7 Å². The van der Waals surface area contributed by atoms with Crippen molar-refractivity contribution in [2.75, 3.05) is 10.7 Å². The van der Waals surface area contributed by atoms with Crippen LogP contribution >= 0.6 is 34.5 Å². The molecule has 0 unspecified atom stereocenters. The van der Waals surface area contributed by atoms with E-state index in [9.17, 15) is 0 Å². The van der Waals surface area contributed by atoms with Crippen LogP contribution < -0.4 is 5.73 Å². The maximum absolute atomic E-state index is 5.68. The molecule has 0 aliphatic rings. The number of halogens is 2. The van der Waals surface area contributed by atoms with Crippen LogP contribution in [0.2, 0.25) is 0 Å². The third kappa shape index (κ3) is 1.92. The summed E-state index contributed by atoms with van der Waals surface area (Å²) in [5.41, 5.74) is 7.24. The number of alkyl halides is 2. The Morgan fingerprint density at radius 2 is 2.29 bits per heavy atom. The molecule has 76 valence electrons. The van der Waals surface area contributed by atoms with E-state index in [0.717, 1.165) is 10.2 Å². The molecule has 5 nitrogen and oxygen atoms in total. The summed E-state index contributed by atoms with van der Waals surface area (Å²) in [7, 11) is 0. The third-order valence-corrected chi connectivity index (χ3v) is 5.13. The van der Waals surface area contributed by atoms with Crippen LogP contribution in [0, 0.1) is 0 Å². The molecule has 0 fully saturated rings. The number of nitrogen functional groups attached to an aromatic ring is 1. The average molecular weight is 417 g/mol. The molecule has 2 aromatic rings. The van der Waals surface area contributed by atoms with Crippen LogP contribution in [0.3, 0.4) is 0 Å². The number of aromatic nitrogens is 4. The van der Waals surface area contributed by atoms with Crippen molar-refractivity contribution in [3.05, 3.63) is 12.7 Å². The standard InChI is InChI=1S/C7H9I2N5/c1-9(8)2-14-4-13-5-6(10)11-3-12-7(5)14/h3-4H,2H2,1H3,(H2,10,11,12). The van der Waals surface area contributed by atoms with Crippen LogP contribution in [-0.4, -0.2) is 24.4 Å². The molecule has 0 amide bonds. The minimum atomic E-state index is -0.851. The summed E-state index contributed by atoms with van der Waals surface area (Å²) in [5, 5.41) is 0. The van der Waals surface area contributed by atoms with Gasteiger partial charge >= 0.3 is 98.8 Å². The minimum absolute atomic E-state index is 0.457. The number of nitrogens with zero attached hydrogens (tertiary/aromatic N) is 4. The normalized spacial score (nSPS) is 12.0. The van der Waals surface area contributed by atoms with Crippen molar-refractivity contribution in [3.8, 4) is 0 Å². The Morgan fingerprint density at radius 3 is 3.00 bits per heavy atom. The van der Waals surface area contributed by atoms with Crippen LogP contribution in [0.4, 0.5) is 5.82 Å². The Kier molecular flexibility index (Phi) is 3.04. The summed E-state index contributed by atoms with van der Waals surface area (Å²) in [5.74, 6) is 0.457. The first-order valence-corrected chi connectivity index (χ1v) is 13.8. The summed E-state index contributed by atoms with van der Waals surface area (Å²) in [6.45, 7) is 0. The number of hydrogen-bond acceptors (Lipinski definition) is 4. The maximum atomic E-state index is 5.68. The van der Waals surface area contributed by atoms with Gasteiger partial charge in [-0.1, -0.05) is 0 Å². The SMILES string of the molecule is CI(I)Cn1cnc2c(N)ncnc21. The molecule has 7 heteroatoms. The first-order valence-electron chi connectivity index (χ1n) is 3.82. The Balaban J connectivity index is 2.52. The number of imidazole rings is 1. The monoisotopic (exact) mass is 417 g/mol. The second-order valence-electron chi connectivity index (χ2n) is 2.78. The first-order chi connectivity index (χ1) is 6.68. The molecule has 0 saturated carbocycles. The molecule has 2 heterocycles. The quantitative estimate of drug-likeness (QED) is 0.599. The van der Waals surface area contributed by atoms with Gasteiger partial charge in [-0.2, -0.15) is 0 Å². The molecule has 0 aromatic carbocycles. The predicted molar refractivity (Wildman–Crippen MR) is 73.7 cm³/mol. The van der Waals surface area contributed by atoms with Crippen molar-refractivity contribution in [2.45, 2.75) is 4.55 Å². The van der Waals surface area contributed by atoms with E-state index in [1.54, 1.807) is 6.33 Å². The summed E-state index contributed by atoms with van der Waals surface area (Å²) < 4.78 is 3.10. The Hall–Kier alpha value is -0.190. The molecule has 0 saturated heterocycles. The molecular formula is C7H9I2N5. The molecule has 0 radical (unpaired) electrons. The molecule has 0 aliphatic carbocycles. The van der Waals surface area contributed by atoms with Crippen molar-refractivity contribution < 1.29 is 0 Å². The second kappa shape index (κ2) is 4.13. The van der Waals surface area contributed by atoms with Gasteiger partial charge in [-0.15, -0.1) is 0 Å². The van der Waals surface area contributed by atoms with Gasteiger partial charge in [0, 0.05) is 0 Å². The van der Waals surface area contributed by atoms with Crippen molar-refractivity contribution in [1.82, 2.24) is 19.5 Å². The van der Waals surface area contributed by atoms with E-state index in [-0.39, 0.29) is 0 Å². The Labute approximate surface area is 98.1 Å². The molecule has 2 rings (SSSR count). The summed E-state index contributed by atoms with van der Waals surface area (Å²) in [6.07, 6.45) is 3.28. The van der Waals surface area contributed by atoms with Crippen LogP contribution in [0.1, 0.15) is 0 Å². The molecule has 0 aliphatic heterocycles. The molecule has 0 atom stereocenters. The third-order valence-electron chi connectivity index (χ3n) is 1.72. The zero-order chi connectivity index (χ0) is 10.1. The van der Waals surface area contributed by atoms with Gasteiger partial charge in [0.25, 0.3) is 0 Å². The van der Waals surface area contributed by atoms with Crippen LogP contribution in [0.5, 0.6) is 0 Å². The van der Waals surface area contributed by atoms with E-state index in [4.69, 9.17) is 5.73 Å². The number of hydrogen-bond donors (Lipinski definition) is 1. The van der Waals surface area contributed by atoms with Crippen LogP contribution in [0.25, 0.3) is 11.2 Å². The van der Waals surface area contributed by atoms with Crippen molar-refractivity contribution in [1.29, 1.82) is 0 Å². The summed E-state index contributed by atoms with van der Waals surface area (Å²) in [4.78, 5) is 14.6. The topological polar surface area (TPSA) is 69.6 Å². The van der Waals surface area contributed by atoms with Gasteiger partial charge in [0.2, 0.25) is 0 Å². The van der Waals surface area contributed by atoms with Gasteiger partial charge in [-0.05, 0) is 0 Å². The molecule has 2 aromatic heterocycles. The van der Waals surface area contributed by atoms with Gasteiger partial charge in [-0.3, -0.25) is 0 Å². The van der Waals surface area contributed by atoms with E-state index in [2.05, 4.69) is 43.1 Å². The van der Waals surface area contributed by atoms with Gasteiger partial charge in [-0.25, -0.2) is 0 Å². The van der Waals surface area contributed by atoms with Crippen molar-refractivity contribution in [3.63, 3.8) is 0 Å². The number of anilines is 1. The van der Waals surface area contributed by atoms with Gasteiger partial charge in [0.15, 0.2) is 0 Å². The second-order valence-corrected chi connectivity index (χ2v) is 15.7. The van der Waals surface area contributed by atoms with E-state index >= 15 is 0 Å². The van der Waals surface area contributed by atoms with Crippen LogP contribution in [-0.2, 0) is 4.55 Å². The fraction of sp³-hybridized carbons (Fsp3) is 0.286. The number of nitrogens with two attached hydrogens (primary N) is 1. The molecule has 14 heavy (non-hydrogen) atoms.